The summed E-state index contributed by atoms with van der Waals surface area (Å²) in [6.45, 7) is 0. The van der Waals surface area contributed by atoms with E-state index in [0.717, 1.165) is 18.6 Å². The second-order valence-electron chi connectivity index (χ2n) is 5.85. The van der Waals surface area contributed by atoms with Crippen molar-refractivity contribution < 1.29 is 4.74 Å². The van der Waals surface area contributed by atoms with E-state index in [9.17, 15) is 0 Å². The summed E-state index contributed by atoms with van der Waals surface area (Å²) in [6, 6.07) is 17.2. The van der Waals surface area contributed by atoms with Gasteiger partial charge in [0.25, 0.3) is 0 Å². The Hall–Kier alpha value is -1.28. The van der Waals surface area contributed by atoms with Gasteiger partial charge in [-0.2, -0.15) is 0 Å². The van der Waals surface area contributed by atoms with E-state index in [2.05, 4.69) is 64.5 Å². The van der Waals surface area contributed by atoms with Gasteiger partial charge < -0.3 is 4.74 Å². The molecule has 1 aliphatic heterocycles. The summed E-state index contributed by atoms with van der Waals surface area (Å²) in [5, 5.41) is 0. The first kappa shape index (κ1) is 12.5. The highest BCUT2D eigenvalue weighted by atomic mass is 79.9. The third kappa shape index (κ3) is 2.07. The zero-order valence-electron chi connectivity index (χ0n) is 11.3. The van der Waals surface area contributed by atoms with E-state index in [1.165, 1.54) is 23.1 Å². The van der Waals surface area contributed by atoms with E-state index in [1.54, 1.807) is 0 Å². The van der Waals surface area contributed by atoms with E-state index >= 15 is 0 Å². The first-order valence-corrected chi connectivity index (χ1v) is 8.19. The maximum atomic E-state index is 6.10. The van der Waals surface area contributed by atoms with Gasteiger partial charge in [-0.25, -0.2) is 0 Å². The molecule has 0 bridgehead atoms. The molecule has 2 aliphatic rings. The molecule has 0 saturated heterocycles. The summed E-state index contributed by atoms with van der Waals surface area (Å²) >= 11 is 3.89. The third-order valence-electron chi connectivity index (χ3n) is 4.53. The smallest absolute Gasteiger partial charge is 0.123 e. The Bertz CT molecular complexity index is 612. The topological polar surface area (TPSA) is 9.23 Å². The number of benzene rings is 2. The summed E-state index contributed by atoms with van der Waals surface area (Å²) in [4.78, 5) is 0.478. The SMILES string of the molecule is BrC1c2ccccc2CC1CC1Cc2ccccc2O1. The molecular weight excluding hydrogens is 312 g/mol. The molecule has 0 N–H and O–H groups in total. The van der Waals surface area contributed by atoms with Crippen molar-refractivity contribution in [1.82, 2.24) is 0 Å². The van der Waals surface area contributed by atoms with Crippen molar-refractivity contribution in [3.8, 4) is 5.75 Å². The molecule has 20 heavy (non-hydrogen) atoms. The van der Waals surface area contributed by atoms with Crippen LogP contribution in [0.4, 0.5) is 0 Å². The van der Waals surface area contributed by atoms with Gasteiger partial charge in [-0.1, -0.05) is 58.4 Å². The molecule has 4 rings (SSSR count). The van der Waals surface area contributed by atoms with Crippen LogP contribution in [0.25, 0.3) is 0 Å². The van der Waals surface area contributed by atoms with Crippen LogP contribution < -0.4 is 4.74 Å². The third-order valence-corrected chi connectivity index (χ3v) is 5.77. The molecule has 1 aliphatic carbocycles. The average molecular weight is 329 g/mol. The molecule has 0 aromatic heterocycles. The van der Waals surface area contributed by atoms with E-state index in [-0.39, 0.29) is 0 Å². The van der Waals surface area contributed by atoms with E-state index < -0.39 is 0 Å². The molecule has 0 fully saturated rings. The maximum absolute atomic E-state index is 6.10. The van der Waals surface area contributed by atoms with Gasteiger partial charge in [0.05, 0.1) is 0 Å². The first-order chi connectivity index (χ1) is 9.81. The molecule has 3 unspecified atom stereocenters. The molecule has 2 aromatic carbocycles. The number of halogens is 1. The molecule has 1 nitrogen and oxygen atoms in total. The van der Waals surface area contributed by atoms with Crippen LogP contribution in [0.2, 0.25) is 0 Å². The lowest BCUT2D eigenvalue weighted by Crippen LogP contribution is -2.19. The zero-order chi connectivity index (χ0) is 13.5. The van der Waals surface area contributed by atoms with Crippen LogP contribution >= 0.6 is 15.9 Å². The van der Waals surface area contributed by atoms with Crippen LogP contribution in [0, 0.1) is 5.92 Å². The molecule has 0 radical (unpaired) electrons. The summed E-state index contributed by atoms with van der Waals surface area (Å²) in [5.41, 5.74) is 4.32. The second kappa shape index (κ2) is 4.92. The maximum Gasteiger partial charge on any atom is 0.123 e. The Morgan fingerprint density at radius 3 is 2.50 bits per heavy atom. The van der Waals surface area contributed by atoms with Gasteiger partial charge in [-0.05, 0) is 41.5 Å². The van der Waals surface area contributed by atoms with Gasteiger partial charge >= 0.3 is 0 Å². The summed E-state index contributed by atoms with van der Waals surface area (Å²) in [7, 11) is 0. The molecule has 2 aromatic rings. The lowest BCUT2D eigenvalue weighted by atomic mass is 9.96. The first-order valence-electron chi connectivity index (χ1n) is 7.27. The van der Waals surface area contributed by atoms with Gasteiger partial charge in [-0.15, -0.1) is 0 Å². The largest absolute Gasteiger partial charge is 0.490 e. The monoisotopic (exact) mass is 328 g/mol. The van der Waals surface area contributed by atoms with Crippen LogP contribution in [0.5, 0.6) is 5.75 Å². The van der Waals surface area contributed by atoms with Gasteiger partial charge in [0.1, 0.15) is 11.9 Å². The number of fused-ring (bicyclic) bond motifs is 2. The zero-order valence-corrected chi connectivity index (χ0v) is 12.8. The minimum absolute atomic E-state index is 0.340. The van der Waals surface area contributed by atoms with Gasteiger partial charge in [0, 0.05) is 11.2 Å². The van der Waals surface area contributed by atoms with Crippen LogP contribution in [0.3, 0.4) is 0 Å². The van der Waals surface area contributed by atoms with Gasteiger partial charge in [0.15, 0.2) is 0 Å². The van der Waals surface area contributed by atoms with Crippen molar-refractivity contribution in [3.05, 3.63) is 65.2 Å². The van der Waals surface area contributed by atoms with E-state index in [1.807, 2.05) is 0 Å². The van der Waals surface area contributed by atoms with Crippen molar-refractivity contribution in [2.75, 3.05) is 0 Å². The van der Waals surface area contributed by atoms with Crippen molar-refractivity contribution in [1.29, 1.82) is 0 Å². The lowest BCUT2D eigenvalue weighted by Gasteiger charge is -2.19. The summed E-state index contributed by atoms with van der Waals surface area (Å²) in [6.07, 6.45) is 3.69. The van der Waals surface area contributed by atoms with Crippen molar-refractivity contribution in [2.45, 2.75) is 30.2 Å². The molecule has 3 atom stereocenters. The lowest BCUT2D eigenvalue weighted by molar-refractivity contribution is 0.195. The second-order valence-corrected chi connectivity index (χ2v) is 6.84. The number of hydrogen-bond acceptors (Lipinski definition) is 1. The Morgan fingerprint density at radius 2 is 1.70 bits per heavy atom. The predicted octanol–water partition coefficient (Wildman–Crippen LogP) is 4.69. The Kier molecular flexibility index (Phi) is 3.07. The quantitative estimate of drug-likeness (QED) is 0.727. The highest BCUT2D eigenvalue weighted by molar-refractivity contribution is 9.09. The summed E-state index contributed by atoms with van der Waals surface area (Å²) < 4.78 is 6.10. The molecule has 0 spiro atoms. The van der Waals surface area contributed by atoms with Crippen molar-refractivity contribution in [3.63, 3.8) is 0 Å². The minimum atomic E-state index is 0.340. The number of para-hydroxylation sites is 1. The van der Waals surface area contributed by atoms with Gasteiger partial charge in [0.2, 0.25) is 0 Å². The van der Waals surface area contributed by atoms with Crippen LogP contribution in [0.15, 0.2) is 48.5 Å². The molecule has 0 amide bonds. The fraction of sp³-hybridized carbons (Fsp3) is 0.333. The van der Waals surface area contributed by atoms with Crippen molar-refractivity contribution in [2.24, 2.45) is 5.92 Å². The summed E-state index contributed by atoms with van der Waals surface area (Å²) in [5.74, 6) is 1.73. The highest BCUT2D eigenvalue weighted by Crippen LogP contribution is 2.45. The predicted molar refractivity (Wildman–Crippen MR) is 84.5 cm³/mol. The van der Waals surface area contributed by atoms with Crippen molar-refractivity contribution >= 4 is 15.9 Å². The number of ether oxygens (including phenoxy) is 1. The fourth-order valence-electron chi connectivity index (χ4n) is 3.55. The standard InChI is InChI=1S/C18H17BrO/c19-18-14(9-12-5-1-3-7-16(12)18)11-15-10-13-6-2-4-8-17(13)20-15/h1-8,14-15,18H,9-11H2. The van der Waals surface area contributed by atoms with E-state index in [0.29, 0.717) is 16.8 Å². The Balaban J connectivity index is 1.48. The number of rotatable bonds is 2. The molecule has 102 valence electrons. The average Bonchev–Trinajstić information content (AvgIpc) is 3.01. The van der Waals surface area contributed by atoms with Crippen LogP contribution in [-0.2, 0) is 12.8 Å². The molecule has 0 saturated carbocycles. The fourth-order valence-corrected chi connectivity index (χ4v) is 4.40. The van der Waals surface area contributed by atoms with Gasteiger partial charge in [-0.3, -0.25) is 0 Å². The minimum Gasteiger partial charge on any atom is -0.490 e. The number of hydrogen-bond donors (Lipinski definition) is 0. The molecule has 2 heteroatoms. The number of alkyl halides is 1. The Labute approximate surface area is 128 Å². The van der Waals surface area contributed by atoms with Crippen LogP contribution in [0.1, 0.15) is 27.9 Å². The normalized spacial score (nSPS) is 26.9. The van der Waals surface area contributed by atoms with Crippen LogP contribution in [-0.4, -0.2) is 6.10 Å². The highest BCUT2D eigenvalue weighted by Gasteiger charge is 2.34. The molecule has 1 heterocycles. The molecular formula is C18H17BrO. The van der Waals surface area contributed by atoms with E-state index in [4.69, 9.17) is 4.74 Å². The Morgan fingerprint density at radius 1 is 0.950 bits per heavy atom.